The summed E-state index contributed by atoms with van der Waals surface area (Å²) in [6.07, 6.45) is 2.84. The molecule has 0 saturated carbocycles. The molecule has 17 heavy (non-hydrogen) atoms. The smallest absolute Gasteiger partial charge is 0.141 e. The molecule has 0 saturated heterocycles. The first kappa shape index (κ1) is 12.2. The first-order chi connectivity index (χ1) is 8.15. The molecule has 2 rings (SSSR count). The highest BCUT2D eigenvalue weighted by Gasteiger charge is 2.01. The van der Waals surface area contributed by atoms with Gasteiger partial charge in [0.1, 0.15) is 5.82 Å². The van der Waals surface area contributed by atoms with Gasteiger partial charge in [-0.15, -0.1) is 11.8 Å². The monoisotopic (exact) mass is 268 g/mol. The number of aromatic nitrogens is 1. The van der Waals surface area contributed by atoms with Crippen LogP contribution >= 0.6 is 23.4 Å². The van der Waals surface area contributed by atoms with Crippen molar-refractivity contribution in [3.8, 4) is 0 Å². The van der Waals surface area contributed by atoms with Crippen LogP contribution in [0, 0.1) is 5.82 Å². The van der Waals surface area contributed by atoms with Crippen molar-refractivity contribution in [2.24, 2.45) is 0 Å². The van der Waals surface area contributed by atoms with E-state index in [0.717, 1.165) is 10.5 Å². The van der Waals surface area contributed by atoms with Crippen LogP contribution in [0.5, 0.6) is 0 Å². The molecule has 0 unspecified atom stereocenters. The molecule has 0 fully saturated rings. The van der Waals surface area contributed by atoms with Gasteiger partial charge in [0.15, 0.2) is 0 Å². The van der Waals surface area contributed by atoms with Crippen LogP contribution in [0.3, 0.4) is 0 Å². The summed E-state index contributed by atoms with van der Waals surface area (Å²) in [5, 5.41) is 0.535. The van der Waals surface area contributed by atoms with Gasteiger partial charge in [-0.2, -0.15) is 0 Å². The lowest BCUT2D eigenvalue weighted by molar-refractivity contribution is 0.619. The fourth-order valence-electron chi connectivity index (χ4n) is 1.30. The van der Waals surface area contributed by atoms with Crippen LogP contribution in [0.2, 0.25) is 5.02 Å². The van der Waals surface area contributed by atoms with Gasteiger partial charge < -0.3 is 5.73 Å². The molecule has 0 amide bonds. The summed E-state index contributed by atoms with van der Waals surface area (Å²) in [5.41, 5.74) is 7.01. The molecule has 0 radical (unpaired) electrons. The van der Waals surface area contributed by atoms with Gasteiger partial charge in [-0.05, 0) is 29.8 Å². The summed E-state index contributed by atoms with van der Waals surface area (Å²) in [6, 6.07) is 6.92. The molecule has 0 atom stereocenters. The van der Waals surface area contributed by atoms with E-state index in [1.807, 2.05) is 6.07 Å². The molecule has 0 aliphatic rings. The Labute approximate surface area is 108 Å². The van der Waals surface area contributed by atoms with Gasteiger partial charge in [-0.25, -0.2) is 4.39 Å². The van der Waals surface area contributed by atoms with Crippen molar-refractivity contribution in [2.75, 3.05) is 5.73 Å². The van der Waals surface area contributed by atoms with E-state index >= 15 is 0 Å². The van der Waals surface area contributed by atoms with E-state index in [4.69, 9.17) is 17.3 Å². The summed E-state index contributed by atoms with van der Waals surface area (Å²) in [7, 11) is 0. The largest absolute Gasteiger partial charge is 0.398 e. The molecule has 2 N–H and O–H groups in total. The van der Waals surface area contributed by atoms with E-state index in [9.17, 15) is 4.39 Å². The van der Waals surface area contributed by atoms with Crippen molar-refractivity contribution in [3.05, 3.63) is 53.1 Å². The summed E-state index contributed by atoms with van der Waals surface area (Å²) >= 11 is 7.47. The molecule has 0 aliphatic carbocycles. The van der Waals surface area contributed by atoms with Crippen LogP contribution in [-0.4, -0.2) is 4.98 Å². The van der Waals surface area contributed by atoms with Gasteiger partial charge in [-0.3, -0.25) is 4.98 Å². The number of hydrogen-bond donors (Lipinski definition) is 1. The first-order valence-corrected chi connectivity index (χ1v) is 6.29. The average molecular weight is 269 g/mol. The van der Waals surface area contributed by atoms with E-state index in [2.05, 4.69) is 4.98 Å². The predicted octanol–water partition coefficient (Wildman–Crippen LogP) is 3.75. The maximum atomic E-state index is 12.9. The second kappa shape index (κ2) is 5.38. The highest BCUT2D eigenvalue weighted by Crippen LogP contribution is 2.28. The van der Waals surface area contributed by atoms with Crippen molar-refractivity contribution in [3.63, 3.8) is 0 Å². The molecule has 1 heterocycles. The van der Waals surface area contributed by atoms with E-state index in [-0.39, 0.29) is 5.82 Å². The number of benzene rings is 1. The van der Waals surface area contributed by atoms with Crippen LogP contribution in [0.15, 0.2) is 41.6 Å². The van der Waals surface area contributed by atoms with Crippen molar-refractivity contribution < 1.29 is 4.39 Å². The molecule has 88 valence electrons. The minimum absolute atomic E-state index is 0.321. The highest BCUT2D eigenvalue weighted by molar-refractivity contribution is 7.98. The number of halogens is 2. The fraction of sp³-hybridized carbons (Fsp3) is 0.0833. The van der Waals surface area contributed by atoms with Crippen molar-refractivity contribution in [1.82, 2.24) is 4.98 Å². The highest BCUT2D eigenvalue weighted by atomic mass is 35.5. The van der Waals surface area contributed by atoms with Crippen molar-refractivity contribution >= 4 is 29.1 Å². The summed E-state index contributed by atoms with van der Waals surface area (Å²) in [4.78, 5) is 4.79. The third kappa shape index (κ3) is 3.35. The number of anilines is 1. The van der Waals surface area contributed by atoms with Gasteiger partial charge in [0.25, 0.3) is 0 Å². The zero-order valence-corrected chi connectivity index (χ0v) is 10.4. The maximum absolute atomic E-state index is 12.9. The van der Waals surface area contributed by atoms with Gasteiger partial charge >= 0.3 is 0 Å². The van der Waals surface area contributed by atoms with Gasteiger partial charge in [0.2, 0.25) is 0 Å². The van der Waals surface area contributed by atoms with Crippen LogP contribution in [-0.2, 0) is 5.75 Å². The van der Waals surface area contributed by atoms with E-state index in [1.54, 1.807) is 30.1 Å². The number of nitrogens with zero attached hydrogens (tertiary/aromatic N) is 1. The standard InChI is InChI=1S/C12H10ClFN2S/c13-11-4-10(1-2-12(11)15)17-7-8-3-9(14)6-16-5-8/h1-6H,7,15H2. The zero-order chi connectivity index (χ0) is 12.3. The number of thioether (sulfide) groups is 1. The topological polar surface area (TPSA) is 38.9 Å². The third-order valence-corrected chi connectivity index (χ3v) is 3.53. The van der Waals surface area contributed by atoms with Crippen molar-refractivity contribution in [2.45, 2.75) is 10.6 Å². The van der Waals surface area contributed by atoms with E-state index in [0.29, 0.717) is 16.5 Å². The fourth-order valence-corrected chi connectivity index (χ4v) is 2.40. The Morgan fingerprint density at radius 3 is 2.82 bits per heavy atom. The first-order valence-electron chi connectivity index (χ1n) is 4.92. The third-order valence-electron chi connectivity index (χ3n) is 2.14. The lowest BCUT2D eigenvalue weighted by atomic mass is 10.3. The number of rotatable bonds is 3. The van der Waals surface area contributed by atoms with Gasteiger partial charge in [0, 0.05) is 16.8 Å². The molecular formula is C12H10ClFN2S. The number of nitrogen functional groups attached to an aromatic ring is 1. The normalized spacial score (nSPS) is 10.5. The summed E-state index contributed by atoms with van der Waals surface area (Å²) < 4.78 is 12.9. The second-order valence-corrected chi connectivity index (χ2v) is 4.94. The lowest BCUT2D eigenvalue weighted by Crippen LogP contribution is -1.87. The molecule has 1 aromatic heterocycles. The predicted molar refractivity (Wildman–Crippen MR) is 69.6 cm³/mol. The number of pyridine rings is 1. The SMILES string of the molecule is Nc1ccc(SCc2cncc(F)c2)cc1Cl. The Balaban J connectivity index is 2.05. The molecule has 2 aromatic rings. The Kier molecular flexibility index (Phi) is 3.86. The molecule has 0 spiro atoms. The maximum Gasteiger partial charge on any atom is 0.141 e. The molecular weight excluding hydrogens is 259 g/mol. The van der Waals surface area contributed by atoms with Gasteiger partial charge in [0.05, 0.1) is 16.9 Å². The summed E-state index contributed by atoms with van der Waals surface area (Å²) in [6.45, 7) is 0. The Morgan fingerprint density at radius 2 is 2.12 bits per heavy atom. The quantitative estimate of drug-likeness (QED) is 0.681. The van der Waals surface area contributed by atoms with Crippen LogP contribution in [0.4, 0.5) is 10.1 Å². The molecule has 0 bridgehead atoms. The Bertz CT molecular complexity index is 534. The van der Waals surface area contributed by atoms with Crippen LogP contribution in [0.1, 0.15) is 5.56 Å². The van der Waals surface area contributed by atoms with Crippen molar-refractivity contribution in [1.29, 1.82) is 0 Å². The molecule has 1 aromatic carbocycles. The minimum atomic E-state index is -0.321. The molecule has 0 aliphatic heterocycles. The van der Waals surface area contributed by atoms with E-state index < -0.39 is 0 Å². The Morgan fingerprint density at radius 1 is 1.29 bits per heavy atom. The average Bonchev–Trinajstić information content (AvgIpc) is 2.31. The zero-order valence-electron chi connectivity index (χ0n) is 8.86. The van der Waals surface area contributed by atoms with E-state index in [1.165, 1.54) is 12.3 Å². The number of hydrogen-bond acceptors (Lipinski definition) is 3. The Hall–Kier alpha value is -1.26. The number of nitrogens with two attached hydrogens (primary N) is 1. The summed E-state index contributed by atoms with van der Waals surface area (Å²) in [5.74, 6) is 0.323. The molecule has 5 heteroatoms. The van der Waals surface area contributed by atoms with Gasteiger partial charge in [-0.1, -0.05) is 11.6 Å². The second-order valence-electron chi connectivity index (χ2n) is 3.48. The molecule has 2 nitrogen and oxygen atoms in total. The van der Waals surface area contributed by atoms with Crippen LogP contribution in [0.25, 0.3) is 0 Å². The minimum Gasteiger partial charge on any atom is -0.398 e. The lowest BCUT2D eigenvalue weighted by Gasteiger charge is -2.04. The van der Waals surface area contributed by atoms with Crippen LogP contribution < -0.4 is 5.73 Å².